The molecule has 0 saturated heterocycles. The van der Waals surface area contributed by atoms with Gasteiger partial charge in [-0.25, -0.2) is 9.97 Å². The average Bonchev–Trinajstić information content (AvgIpc) is 3.26. The van der Waals surface area contributed by atoms with E-state index in [9.17, 15) is 0 Å². The zero-order valence-electron chi connectivity index (χ0n) is 12.3. The van der Waals surface area contributed by atoms with Gasteiger partial charge >= 0.3 is 0 Å². The molecule has 112 valence electrons. The largest absolute Gasteiger partial charge is 0.351 e. The topological polar surface area (TPSA) is 50.1 Å². The van der Waals surface area contributed by atoms with Gasteiger partial charge in [-0.05, 0) is 13.0 Å². The molecule has 0 aromatic carbocycles. The Morgan fingerprint density at radius 2 is 2.23 bits per heavy atom. The summed E-state index contributed by atoms with van der Waals surface area (Å²) in [5.74, 6) is 1.07. The Kier molecular flexibility index (Phi) is 3.27. The summed E-state index contributed by atoms with van der Waals surface area (Å²) in [7, 11) is 0. The van der Waals surface area contributed by atoms with Crippen molar-refractivity contribution in [2.45, 2.75) is 20.0 Å². The Balaban J connectivity index is 1.56. The lowest BCUT2D eigenvalue weighted by atomic mass is 10.4. The SMILES string of the molecule is CCn1c(CN2C=CN(c3nccs3)C2)nc2ccncc21. The third-order valence-electron chi connectivity index (χ3n) is 3.75. The third kappa shape index (κ3) is 2.23. The number of thiazole rings is 1. The van der Waals surface area contributed by atoms with Crippen molar-refractivity contribution in [3.63, 3.8) is 0 Å². The van der Waals surface area contributed by atoms with E-state index in [1.54, 1.807) is 17.5 Å². The van der Waals surface area contributed by atoms with E-state index in [1.807, 2.05) is 23.8 Å². The second-order valence-electron chi connectivity index (χ2n) is 5.11. The van der Waals surface area contributed by atoms with E-state index in [-0.39, 0.29) is 0 Å². The van der Waals surface area contributed by atoms with E-state index in [0.29, 0.717) is 0 Å². The molecular formula is C15H16N6S. The van der Waals surface area contributed by atoms with Gasteiger partial charge in [0.25, 0.3) is 0 Å². The van der Waals surface area contributed by atoms with Crippen LogP contribution in [0.15, 0.2) is 42.4 Å². The molecule has 4 heterocycles. The second kappa shape index (κ2) is 5.42. The monoisotopic (exact) mass is 312 g/mol. The Morgan fingerprint density at radius 3 is 3.05 bits per heavy atom. The normalized spacial score (nSPS) is 14.4. The van der Waals surface area contributed by atoms with Crippen molar-refractivity contribution >= 4 is 27.5 Å². The van der Waals surface area contributed by atoms with E-state index in [1.165, 1.54) is 0 Å². The summed E-state index contributed by atoms with van der Waals surface area (Å²) in [5.41, 5.74) is 2.10. The minimum Gasteiger partial charge on any atom is -0.351 e. The maximum Gasteiger partial charge on any atom is 0.190 e. The number of hydrogen-bond acceptors (Lipinski definition) is 6. The molecule has 0 fully saturated rings. The fourth-order valence-electron chi connectivity index (χ4n) is 2.72. The maximum atomic E-state index is 4.75. The van der Waals surface area contributed by atoms with Crippen LogP contribution in [0.5, 0.6) is 0 Å². The van der Waals surface area contributed by atoms with E-state index in [2.05, 4.69) is 43.7 Å². The number of aryl methyl sites for hydroxylation is 1. The highest BCUT2D eigenvalue weighted by molar-refractivity contribution is 7.13. The lowest BCUT2D eigenvalue weighted by Crippen LogP contribution is -2.25. The van der Waals surface area contributed by atoms with Crippen LogP contribution in [-0.2, 0) is 13.1 Å². The van der Waals surface area contributed by atoms with Gasteiger partial charge in [-0.3, -0.25) is 4.98 Å². The molecule has 0 unspecified atom stereocenters. The summed E-state index contributed by atoms with van der Waals surface area (Å²) in [6.45, 7) is 4.62. The minimum atomic E-state index is 0.779. The van der Waals surface area contributed by atoms with Crippen LogP contribution in [0.1, 0.15) is 12.7 Å². The molecule has 22 heavy (non-hydrogen) atoms. The highest BCUT2D eigenvalue weighted by Crippen LogP contribution is 2.23. The molecule has 1 aliphatic heterocycles. The van der Waals surface area contributed by atoms with Crippen LogP contribution in [0.25, 0.3) is 11.0 Å². The summed E-state index contributed by atoms with van der Waals surface area (Å²) in [5, 5.41) is 3.02. The van der Waals surface area contributed by atoms with Crippen LogP contribution in [-0.4, -0.2) is 31.1 Å². The first-order valence-electron chi connectivity index (χ1n) is 7.23. The van der Waals surface area contributed by atoms with Crippen LogP contribution >= 0.6 is 11.3 Å². The summed E-state index contributed by atoms with van der Waals surface area (Å²) in [6, 6.07) is 1.96. The second-order valence-corrected chi connectivity index (χ2v) is 5.98. The molecule has 0 atom stereocenters. The van der Waals surface area contributed by atoms with E-state index in [4.69, 9.17) is 4.98 Å². The number of fused-ring (bicyclic) bond motifs is 1. The van der Waals surface area contributed by atoms with Gasteiger partial charge in [0.2, 0.25) is 0 Å². The van der Waals surface area contributed by atoms with Crippen LogP contribution < -0.4 is 4.90 Å². The van der Waals surface area contributed by atoms with Gasteiger partial charge in [-0.15, -0.1) is 11.3 Å². The molecule has 0 amide bonds. The van der Waals surface area contributed by atoms with Gasteiger partial charge in [0.05, 0.1) is 30.4 Å². The van der Waals surface area contributed by atoms with Gasteiger partial charge < -0.3 is 14.4 Å². The standard InChI is InChI=1S/C15H16N6S/c1-2-21-13-9-16-4-3-12(13)18-14(21)10-19-6-7-20(11-19)15-17-5-8-22-15/h3-9H,2,10-11H2,1H3. The number of rotatable bonds is 4. The lowest BCUT2D eigenvalue weighted by Gasteiger charge is -2.19. The molecular weight excluding hydrogens is 296 g/mol. The van der Waals surface area contributed by atoms with Crippen molar-refractivity contribution < 1.29 is 0 Å². The fourth-order valence-corrected chi connectivity index (χ4v) is 3.34. The first-order chi connectivity index (χ1) is 10.8. The Labute approximate surface area is 132 Å². The smallest absolute Gasteiger partial charge is 0.190 e. The number of nitrogens with zero attached hydrogens (tertiary/aromatic N) is 6. The molecule has 4 rings (SSSR count). The molecule has 0 saturated carbocycles. The van der Waals surface area contributed by atoms with Crippen molar-refractivity contribution in [2.24, 2.45) is 0 Å². The first kappa shape index (κ1) is 13.3. The van der Waals surface area contributed by atoms with Gasteiger partial charge in [0.1, 0.15) is 5.82 Å². The van der Waals surface area contributed by atoms with E-state index < -0.39 is 0 Å². The highest BCUT2D eigenvalue weighted by Gasteiger charge is 2.18. The first-order valence-corrected chi connectivity index (χ1v) is 8.11. The van der Waals surface area contributed by atoms with Crippen molar-refractivity contribution in [1.29, 1.82) is 0 Å². The van der Waals surface area contributed by atoms with Gasteiger partial charge in [0.15, 0.2) is 5.13 Å². The molecule has 0 bridgehead atoms. The molecule has 0 aliphatic carbocycles. The maximum absolute atomic E-state index is 4.75. The van der Waals surface area contributed by atoms with Crippen LogP contribution in [0.3, 0.4) is 0 Å². The van der Waals surface area contributed by atoms with Gasteiger partial charge in [-0.2, -0.15) is 0 Å². The minimum absolute atomic E-state index is 0.779. The fraction of sp³-hybridized carbons (Fsp3) is 0.267. The highest BCUT2D eigenvalue weighted by atomic mass is 32.1. The summed E-state index contributed by atoms with van der Waals surface area (Å²) in [4.78, 5) is 17.7. The number of imidazole rings is 1. The number of hydrogen-bond donors (Lipinski definition) is 0. The quantitative estimate of drug-likeness (QED) is 0.741. The average molecular weight is 312 g/mol. The molecule has 0 spiro atoms. The Morgan fingerprint density at radius 1 is 1.27 bits per heavy atom. The van der Waals surface area contributed by atoms with E-state index in [0.717, 1.165) is 41.7 Å². The van der Waals surface area contributed by atoms with Crippen molar-refractivity contribution in [3.8, 4) is 0 Å². The van der Waals surface area contributed by atoms with Crippen LogP contribution in [0.4, 0.5) is 5.13 Å². The Bertz CT molecular complexity index is 807. The molecule has 0 N–H and O–H groups in total. The molecule has 1 aliphatic rings. The summed E-state index contributed by atoms with van der Waals surface area (Å²) >= 11 is 1.65. The predicted molar refractivity (Wildman–Crippen MR) is 87.3 cm³/mol. The number of anilines is 1. The number of pyridine rings is 1. The van der Waals surface area contributed by atoms with Gasteiger partial charge in [0, 0.05) is 36.7 Å². The summed E-state index contributed by atoms with van der Waals surface area (Å²) < 4.78 is 2.22. The zero-order chi connectivity index (χ0) is 14.9. The molecule has 0 radical (unpaired) electrons. The van der Waals surface area contributed by atoms with Gasteiger partial charge in [-0.1, -0.05) is 0 Å². The summed E-state index contributed by atoms with van der Waals surface area (Å²) in [6.07, 6.45) is 9.68. The number of aromatic nitrogens is 4. The van der Waals surface area contributed by atoms with Crippen LogP contribution in [0.2, 0.25) is 0 Å². The molecule has 7 heteroatoms. The van der Waals surface area contributed by atoms with Crippen molar-refractivity contribution in [2.75, 3.05) is 11.6 Å². The molecule has 6 nitrogen and oxygen atoms in total. The van der Waals surface area contributed by atoms with Crippen LogP contribution in [0, 0.1) is 0 Å². The lowest BCUT2D eigenvalue weighted by molar-refractivity contribution is 0.382. The molecule has 3 aromatic heterocycles. The Hall–Kier alpha value is -2.41. The molecule has 3 aromatic rings. The van der Waals surface area contributed by atoms with Crippen molar-refractivity contribution in [3.05, 3.63) is 48.3 Å². The third-order valence-corrected chi connectivity index (χ3v) is 4.56. The predicted octanol–water partition coefficient (Wildman–Crippen LogP) is 2.66. The van der Waals surface area contributed by atoms with Crippen molar-refractivity contribution in [1.82, 2.24) is 24.4 Å². The zero-order valence-corrected chi connectivity index (χ0v) is 13.1. The van der Waals surface area contributed by atoms with E-state index >= 15 is 0 Å².